The first-order valence-corrected chi connectivity index (χ1v) is 11.2. The monoisotopic (exact) mass is 449 g/mol. The molecule has 172 valence electrons. The van der Waals surface area contributed by atoms with Gasteiger partial charge in [-0.25, -0.2) is 4.39 Å². The number of aliphatic hydroxyl groups excluding tert-OH is 1. The van der Waals surface area contributed by atoms with Crippen molar-refractivity contribution < 1.29 is 14.3 Å². The smallest absolute Gasteiger partial charge is 0.236 e. The Balaban J connectivity index is 1.44. The van der Waals surface area contributed by atoms with E-state index >= 15 is 0 Å². The van der Waals surface area contributed by atoms with Gasteiger partial charge in [-0.2, -0.15) is 5.10 Å². The number of carbonyl (C=O) groups is 1. The lowest BCUT2D eigenvalue weighted by Gasteiger charge is -2.33. The first-order chi connectivity index (χ1) is 15.9. The molecule has 0 fully saturated rings. The van der Waals surface area contributed by atoms with Gasteiger partial charge in [0.1, 0.15) is 5.82 Å². The second kappa shape index (κ2) is 8.61. The fourth-order valence-electron chi connectivity index (χ4n) is 4.85. The Bertz CT molecular complexity index is 1160. The van der Waals surface area contributed by atoms with Crippen LogP contribution in [0.2, 0.25) is 0 Å². The molecule has 2 N–H and O–H groups in total. The molecule has 1 aliphatic carbocycles. The summed E-state index contributed by atoms with van der Waals surface area (Å²) in [5.74, 6) is -0.246. The molecule has 0 unspecified atom stereocenters. The number of hydrazone groups is 1. The third-order valence-electron chi connectivity index (χ3n) is 6.62. The Morgan fingerprint density at radius 3 is 2.94 bits per heavy atom. The Hall–Kier alpha value is -3.23. The van der Waals surface area contributed by atoms with Gasteiger partial charge in [0.25, 0.3) is 0 Å². The van der Waals surface area contributed by atoms with E-state index in [2.05, 4.69) is 32.6 Å². The van der Waals surface area contributed by atoms with Crippen molar-refractivity contribution in [2.45, 2.75) is 6.42 Å². The quantitative estimate of drug-likeness (QED) is 0.717. The summed E-state index contributed by atoms with van der Waals surface area (Å²) in [6, 6.07) is 3.15. The van der Waals surface area contributed by atoms with Crippen LogP contribution in [0, 0.1) is 5.82 Å². The van der Waals surface area contributed by atoms with E-state index in [9.17, 15) is 9.18 Å². The van der Waals surface area contributed by atoms with Gasteiger partial charge >= 0.3 is 0 Å². The number of aliphatic hydroxyl groups is 1. The molecule has 5 rings (SSSR count). The topological polar surface area (TPSA) is 71.4 Å². The van der Waals surface area contributed by atoms with E-state index in [4.69, 9.17) is 5.11 Å². The Morgan fingerprint density at radius 1 is 1.33 bits per heavy atom. The molecule has 7 nitrogen and oxygen atoms in total. The van der Waals surface area contributed by atoms with Gasteiger partial charge < -0.3 is 14.9 Å². The molecule has 1 aromatic carbocycles. The third kappa shape index (κ3) is 4.00. The molecule has 4 aliphatic rings. The second-order valence-electron chi connectivity index (χ2n) is 8.92. The molecule has 33 heavy (non-hydrogen) atoms. The van der Waals surface area contributed by atoms with Crippen LogP contribution < -0.4 is 5.43 Å². The fraction of sp³-hybridized carbons (Fsp3) is 0.360. The van der Waals surface area contributed by atoms with E-state index in [1.165, 1.54) is 5.57 Å². The predicted octanol–water partition coefficient (Wildman–Crippen LogP) is 1.78. The molecule has 0 saturated carbocycles. The molecule has 0 saturated heterocycles. The minimum absolute atomic E-state index is 0.00907. The van der Waals surface area contributed by atoms with Crippen LogP contribution in [0.5, 0.6) is 0 Å². The minimum atomic E-state index is -0.255. The van der Waals surface area contributed by atoms with Gasteiger partial charge in [0.15, 0.2) is 0 Å². The standard InChI is InChI=1S/C25H28FN5O2/c1-29-13-20(16-5-7-31(8-6-16)15-23(33)30(2)9-10-32)25-21(14-29)19-12-18(26)11-17-3-4-22(24(17)19)27-28-25/h3-5,11-12,14,28,32H,6-10,13,15H2,1-2H3. The van der Waals surface area contributed by atoms with Crippen molar-refractivity contribution in [1.29, 1.82) is 0 Å². The van der Waals surface area contributed by atoms with Crippen LogP contribution in [0.1, 0.15) is 23.1 Å². The SMILES string of the molecule is CN1C=C2C(=C(C3=CCN(CC(=O)N(C)CCO)CC3)C1)NN=C1C=Cc3cc(F)cc2c31. The van der Waals surface area contributed by atoms with Crippen LogP contribution >= 0.6 is 0 Å². The average Bonchev–Trinajstić information content (AvgIpc) is 3.13. The first-order valence-electron chi connectivity index (χ1n) is 11.2. The summed E-state index contributed by atoms with van der Waals surface area (Å²) >= 11 is 0. The minimum Gasteiger partial charge on any atom is -0.395 e. The number of allylic oxidation sites excluding steroid dienone is 2. The highest BCUT2D eigenvalue weighted by atomic mass is 19.1. The highest BCUT2D eigenvalue weighted by Gasteiger charge is 2.30. The lowest BCUT2D eigenvalue weighted by molar-refractivity contribution is -0.131. The average molecular weight is 450 g/mol. The van der Waals surface area contributed by atoms with E-state index in [0.29, 0.717) is 19.6 Å². The molecule has 1 aromatic rings. The number of benzene rings is 1. The first kappa shape index (κ1) is 21.6. The Kier molecular flexibility index (Phi) is 5.64. The van der Waals surface area contributed by atoms with Crippen LogP contribution in [0.4, 0.5) is 4.39 Å². The summed E-state index contributed by atoms with van der Waals surface area (Å²) in [5, 5.41) is 13.7. The number of hydrogen-bond donors (Lipinski definition) is 2. The lowest BCUT2D eigenvalue weighted by atomic mass is 9.88. The van der Waals surface area contributed by atoms with Crippen molar-refractivity contribution in [1.82, 2.24) is 20.1 Å². The van der Waals surface area contributed by atoms with Crippen LogP contribution in [-0.4, -0.2) is 84.9 Å². The number of fused-ring (bicyclic) bond motifs is 2. The summed E-state index contributed by atoms with van der Waals surface area (Å²) in [4.78, 5) is 18.1. The van der Waals surface area contributed by atoms with Gasteiger partial charge in [0, 0.05) is 63.2 Å². The summed E-state index contributed by atoms with van der Waals surface area (Å²) in [6.07, 6.45) is 8.88. The van der Waals surface area contributed by atoms with Crippen LogP contribution in [-0.2, 0) is 4.79 Å². The van der Waals surface area contributed by atoms with Gasteiger partial charge in [-0.3, -0.25) is 15.1 Å². The van der Waals surface area contributed by atoms with Gasteiger partial charge in [-0.15, -0.1) is 0 Å². The molecular formula is C25H28FN5O2. The highest BCUT2D eigenvalue weighted by molar-refractivity contribution is 6.20. The van der Waals surface area contributed by atoms with Crippen molar-refractivity contribution in [3.8, 4) is 0 Å². The number of amides is 1. The zero-order valence-electron chi connectivity index (χ0n) is 18.9. The number of likely N-dealkylation sites (N-methyl/N-ethyl adjacent to an activating group) is 2. The number of halogens is 1. The van der Waals surface area contributed by atoms with Crippen molar-refractivity contribution in [3.05, 3.63) is 69.8 Å². The maximum Gasteiger partial charge on any atom is 0.236 e. The Morgan fingerprint density at radius 2 is 2.18 bits per heavy atom. The van der Waals surface area contributed by atoms with Gasteiger partial charge in [-0.05, 0) is 41.3 Å². The fourth-order valence-corrected chi connectivity index (χ4v) is 4.85. The molecule has 0 bridgehead atoms. The molecule has 0 aromatic heterocycles. The number of nitrogens with one attached hydrogen (secondary N) is 1. The molecule has 1 amide bonds. The summed E-state index contributed by atoms with van der Waals surface area (Å²) in [5.41, 5.74) is 11.0. The molecule has 3 aliphatic heterocycles. The van der Waals surface area contributed by atoms with E-state index in [0.717, 1.165) is 58.8 Å². The summed E-state index contributed by atoms with van der Waals surface area (Å²) in [7, 11) is 3.74. The summed E-state index contributed by atoms with van der Waals surface area (Å²) in [6.45, 7) is 2.84. The largest absolute Gasteiger partial charge is 0.395 e. The Labute approximate surface area is 192 Å². The molecular weight excluding hydrogens is 421 g/mol. The van der Waals surface area contributed by atoms with Gasteiger partial charge in [0.2, 0.25) is 5.91 Å². The van der Waals surface area contributed by atoms with Crippen molar-refractivity contribution in [2.75, 3.05) is 53.4 Å². The molecule has 0 spiro atoms. The maximum atomic E-state index is 14.4. The third-order valence-corrected chi connectivity index (χ3v) is 6.62. The summed E-state index contributed by atoms with van der Waals surface area (Å²) < 4.78 is 14.4. The van der Waals surface area contributed by atoms with Gasteiger partial charge in [-0.1, -0.05) is 12.2 Å². The van der Waals surface area contributed by atoms with Crippen LogP contribution in [0.3, 0.4) is 0 Å². The van der Waals surface area contributed by atoms with E-state index in [1.54, 1.807) is 24.1 Å². The van der Waals surface area contributed by atoms with Gasteiger partial charge in [0.05, 0.1) is 24.6 Å². The number of carbonyl (C=O) groups excluding carboxylic acids is 1. The van der Waals surface area contributed by atoms with Crippen molar-refractivity contribution >= 4 is 23.3 Å². The normalized spacial score (nSPS) is 19.3. The lowest BCUT2D eigenvalue weighted by Crippen LogP contribution is -2.41. The van der Waals surface area contributed by atoms with Crippen LogP contribution in [0.25, 0.3) is 11.6 Å². The molecule has 0 atom stereocenters. The molecule has 8 heteroatoms. The van der Waals surface area contributed by atoms with Crippen molar-refractivity contribution in [3.63, 3.8) is 0 Å². The predicted molar refractivity (Wildman–Crippen MR) is 127 cm³/mol. The van der Waals surface area contributed by atoms with E-state index in [-0.39, 0.29) is 18.3 Å². The maximum absolute atomic E-state index is 14.4. The molecule has 3 heterocycles. The van der Waals surface area contributed by atoms with Crippen molar-refractivity contribution in [2.24, 2.45) is 5.10 Å². The number of nitrogens with zero attached hydrogens (tertiary/aromatic N) is 4. The highest BCUT2D eigenvalue weighted by Crippen LogP contribution is 2.39. The number of rotatable bonds is 5. The molecule has 0 radical (unpaired) electrons. The zero-order valence-corrected chi connectivity index (χ0v) is 18.9. The van der Waals surface area contributed by atoms with E-state index in [1.807, 2.05) is 19.2 Å². The zero-order chi connectivity index (χ0) is 23.1. The van der Waals surface area contributed by atoms with Crippen LogP contribution in [0.15, 0.2) is 52.4 Å². The van der Waals surface area contributed by atoms with E-state index < -0.39 is 0 Å². The number of hydrogen-bond acceptors (Lipinski definition) is 6. The second-order valence-corrected chi connectivity index (χ2v) is 8.92.